The number of carbonyl (C=O) groups excluding carboxylic acids is 3. The maximum absolute atomic E-state index is 13.0. The first kappa shape index (κ1) is 30.3. The van der Waals surface area contributed by atoms with Gasteiger partial charge in [0.05, 0.1) is 18.7 Å². The van der Waals surface area contributed by atoms with Gasteiger partial charge in [-0.05, 0) is 23.1 Å². The number of amides is 2. The number of aliphatic carboxylic acids is 1. The molecule has 2 atom stereocenters. The van der Waals surface area contributed by atoms with E-state index in [4.69, 9.17) is 4.55 Å². The molecule has 5 rings (SSSR count). The van der Waals surface area contributed by atoms with E-state index in [1.165, 1.54) is 23.5 Å². The monoisotopic (exact) mass is 671 g/mol. The average molecular weight is 672 g/mol. The molecule has 3 N–H and O–H groups in total. The van der Waals surface area contributed by atoms with E-state index in [0.29, 0.717) is 22.1 Å². The van der Waals surface area contributed by atoms with Gasteiger partial charge in [-0.25, -0.2) is 13.7 Å². The molecule has 3 aromatic heterocycles. The third-order valence-corrected chi connectivity index (χ3v) is 9.06. The van der Waals surface area contributed by atoms with Gasteiger partial charge >= 0.3 is 16.0 Å². The molecule has 5 heterocycles. The number of anilines is 1. The number of rotatable bonds is 11. The van der Waals surface area contributed by atoms with Crippen molar-refractivity contribution in [3.63, 3.8) is 0 Å². The average Bonchev–Trinajstić information content (AvgIpc) is 3.56. The first-order valence-electron chi connectivity index (χ1n) is 11.7. The number of nitrogens with one attached hydrogen (secondary N) is 2. The molecule has 2 amide bonds. The minimum atomic E-state index is -4.70. The number of nitrogens with zero attached hydrogens (tertiary/aromatic N) is 7. The molecule has 43 heavy (non-hydrogen) atoms. The van der Waals surface area contributed by atoms with Crippen molar-refractivity contribution in [3.8, 4) is 0 Å². The summed E-state index contributed by atoms with van der Waals surface area (Å²) in [5.74, 6) is -3.78. The SMILES string of the molecule is C[n+]1ccn2nc(S/C=C/C3=C(C(=O)[O-])N4C(=O)[C@@H](NC(=O)/C(=N\OCF)c5nsc(NS(=O)(=O)O)n5)[C@H]4SC3)ccc21. The largest absolute Gasteiger partial charge is 0.543 e. The van der Waals surface area contributed by atoms with Crippen LogP contribution < -0.4 is 19.7 Å². The number of alkyl halides is 1. The van der Waals surface area contributed by atoms with Crippen molar-refractivity contribution in [3.05, 3.63) is 53.1 Å². The number of carboxylic acid groups (broad SMARTS) is 1. The molecule has 0 unspecified atom stereocenters. The fourth-order valence-corrected chi connectivity index (χ4v) is 7.13. The summed E-state index contributed by atoms with van der Waals surface area (Å²) in [5.41, 5.74) is 0.123. The van der Waals surface area contributed by atoms with E-state index in [1.807, 2.05) is 23.9 Å². The number of fused-ring (bicyclic) bond motifs is 2. The zero-order valence-electron chi connectivity index (χ0n) is 21.5. The molecule has 17 nitrogen and oxygen atoms in total. The van der Waals surface area contributed by atoms with E-state index in [2.05, 4.69) is 29.8 Å². The third-order valence-electron chi connectivity index (χ3n) is 5.82. The van der Waals surface area contributed by atoms with Gasteiger partial charge in [0.1, 0.15) is 22.6 Å². The van der Waals surface area contributed by atoms with Crippen molar-refractivity contribution in [1.82, 2.24) is 29.2 Å². The molecule has 226 valence electrons. The van der Waals surface area contributed by atoms with Crippen LogP contribution in [-0.4, -0.2) is 84.4 Å². The van der Waals surface area contributed by atoms with Crippen LogP contribution in [0.2, 0.25) is 0 Å². The van der Waals surface area contributed by atoms with Crippen LogP contribution >= 0.6 is 35.1 Å². The van der Waals surface area contributed by atoms with E-state index in [0.717, 1.165) is 10.5 Å². The lowest BCUT2D eigenvalue weighted by Gasteiger charge is -2.50. The number of imidazole rings is 1. The number of thioether (sulfide) groups is 2. The standard InChI is InChI=1S/C21H18FN9O8S4/c1-29-5-6-30-12(29)3-2-11(25-30)40-7-4-10-8-41-19-14(18(33)31(19)15(10)20(34)35)23-17(32)13(26-39-9-22)16-24-21(42-27-16)28-43(36,37)38/h2-7,14,19H,8-9H2,1H3,(H3-,23,24,27,28,32,34,35,36,37,38)/b7-4+,26-13-/t14-,19-/m1/s1. The van der Waals surface area contributed by atoms with Gasteiger partial charge in [0.2, 0.25) is 16.7 Å². The second kappa shape index (κ2) is 12.2. The van der Waals surface area contributed by atoms with Gasteiger partial charge in [0.15, 0.2) is 6.20 Å². The van der Waals surface area contributed by atoms with Crippen molar-refractivity contribution in [2.45, 2.75) is 16.4 Å². The van der Waals surface area contributed by atoms with Crippen LogP contribution in [0.3, 0.4) is 0 Å². The van der Waals surface area contributed by atoms with Crippen LogP contribution in [0.4, 0.5) is 9.52 Å². The van der Waals surface area contributed by atoms with E-state index >= 15 is 0 Å². The third kappa shape index (κ3) is 6.46. The lowest BCUT2D eigenvalue weighted by atomic mass is 10.0. The van der Waals surface area contributed by atoms with Crippen LogP contribution in [0.25, 0.3) is 5.65 Å². The number of hydrogen-bond acceptors (Lipinski definition) is 14. The summed E-state index contributed by atoms with van der Waals surface area (Å²) >= 11 is 2.85. The van der Waals surface area contributed by atoms with Crippen molar-refractivity contribution in [2.24, 2.45) is 12.2 Å². The van der Waals surface area contributed by atoms with Crippen molar-refractivity contribution in [1.29, 1.82) is 0 Å². The number of carboxylic acids is 1. The smallest absolute Gasteiger partial charge is 0.359 e. The molecule has 0 spiro atoms. The second-order valence-electron chi connectivity index (χ2n) is 8.50. The Labute approximate surface area is 253 Å². The molecule has 1 saturated heterocycles. The Bertz CT molecular complexity index is 1820. The molecule has 0 aliphatic carbocycles. The number of allylic oxidation sites excluding steroid dienone is 1. The Hall–Kier alpha value is -4.12. The van der Waals surface area contributed by atoms with Gasteiger partial charge in [-0.2, -0.15) is 17.8 Å². The molecular formula is C21H18FN9O8S4. The van der Waals surface area contributed by atoms with Crippen molar-refractivity contribution in [2.75, 3.05) is 17.3 Å². The Morgan fingerprint density at radius 2 is 2.21 bits per heavy atom. The maximum atomic E-state index is 13.0. The Balaban J connectivity index is 1.29. The number of aromatic nitrogens is 5. The van der Waals surface area contributed by atoms with E-state index in [9.17, 15) is 32.3 Å². The first-order chi connectivity index (χ1) is 20.5. The van der Waals surface area contributed by atoms with Crippen LogP contribution in [0, 0.1) is 0 Å². The van der Waals surface area contributed by atoms with Gasteiger partial charge in [-0.1, -0.05) is 22.0 Å². The predicted octanol–water partition coefficient (Wildman–Crippen LogP) is -1.42. The molecule has 3 aromatic rings. The molecule has 0 aromatic carbocycles. The Morgan fingerprint density at radius 3 is 2.93 bits per heavy atom. The number of halogens is 1. The number of aryl methyl sites for hydroxylation is 1. The quantitative estimate of drug-likeness (QED) is 0.0532. The summed E-state index contributed by atoms with van der Waals surface area (Å²) in [6.07, 6.45) is 5.18. The molecular weight excluding hydrogens is 654 g/mol. The molecule has 22 heteroatoms. The fourth-order valence-electron chi connectivity index (χ4n) is 4.00. The van der Waals surface area contributed by atoms with Crippen LogP contribution in [-0.2, 0) is 36.6 Å². The van der Waals surface area contributed by atoms with Gasteiger partial charge < -0.3 is 20.1 Å². The molecule has 2 aliphatic heterocycles. The highest BCUT2D eigenvalue weighted by Gasteiger charge is 2.53. The minimum Gasteiger partial charge on any atom is -0.543 e. The van der Waals surface area contributed by atoms with Gasteiger partial charge in [-0.3, -0.25) is 19.0 Å². The normalized spacial score (nSPS) is 19.0. The summed E-state index contributed by atoms with van der Waals surface area (Å²) in [6, 6.07) is 2.47. The van der Waals surface area contributed by atoms with E-state index in [1.54, 1.807) is 33.0 Å². The van der Waals surface area contributed by atoms with Crippen LogP contribution in [0.5, 0.6) is 0 Å². The highest BCUT2D eigenvalue weighted by Crippen LogP contribution is 2.40. The second-order valence-corrected chi connectivity index (χ2v) is 12.4. The zero-order chi connectivity index (χ0) is 30.9. The predicted molar refractivity (Wildman–Crippen MR) is 147 cm³/mol. The topological polar surface area (TPSA) is 224 Å². The van der Waals surface area contributed by atoms with Gasteiger partial charge in [-0.15, -0.1) is 16.3 Å². The molecule has 0 bridgehead atoms. The lowest BCUT2D eigenvalue weighted by molar-refractivity contribution is -0.644. The van der Waals surface area contributed by atoms with E-state index < -0.39 is 63.0 Å². The van der Waals surface area contributed by atoms with Crippen LogP contribution in [0.15, 0.2) is 57.5 Å². The summed E-state index contributed by atoms with van der Waals surface area (Å²) in [5, 5.41) is 23.2. The zero-order valence-corrected chi connectivity index (χ0v) is 24.7. The summed E-state index contributed by atoms with van der Waals surface area (Å²) in [4.78, 5) is 47.0. The Kier molecular flexibility index (Phi) is 8.64. The van der Waals surface area contributed by atoms with E-state index in [-0.39, 0.29) is 11.4 Å². The van der Waals surface area contributed by atoms with Gasteiger partial charge in [0, 0.05) is 23.4 Å². The summed E-state index contributed by atoms with van der Waals surface area (Å²) in [6.45, 7) is -1.43. The molecule has 1 fully saturated rings. The van der Waals surface area contributed by atoms with Crippen molar-refractivity contribution >= 4 is 79.6 Å². The first-order valence-corrected chi connectivity index (χ1v) is 15.8. The molecule has 0 radical (unpaired) electrons. The highest BCUT2D eigenvalue weighted by atomic mass is 32.2. The lowest BCUT2D eigenvalue weighted by Crippen LogP contribution is -2.71. The van der Waals surface area contributed by atoms with Crippen LogP contribution in [0.1, 0.15) is 5.82 Å². The minimum absolute atomic E-state index is 0.158. The van der Waals surface area contributed by atoms with Gasteiger partial charge in [0.25, 0.3) is 18.7 Å². The number of hydrogen-bond donors (Lipinski definition) is 3. The summed E-state index contributed by atoms with van der Waals surface area (Å²) in [7, 11) is -2.82. The Morgan fingerprint density at radius 1 is 1.42 bits per heavy atom. The number of oxime groups is 1. The summed E-state index contributed by atoms with van der Waals surface area (Å²) < 4.78 is 52.5. The van der Waals surface area contributed by atoms with Crippen molar-refractivity contribution < 1.29 is 46.3 Å². The molecule has 0 saturated carbocycles. The fraction of sp³-hybridized carbons (Fsp3) is 0.238. The highest BCUT2D eigenvalue weighted by molar-refractivity contribution is 8.02. The maximum Gasteiger partial charge on any atom is 0.359 e. The number of β-lactam (4-membered cyclic amide) rings is 1. The molecule has 2 aliphatic rings. The number of carbonyl (C=O) groups is 3.